The Labute approximate surface area is 177 Å². The molecular formula is C23H29N3O2S. The second kappa shape index (κ2) is 11.6. The number of ether oxygens (including phenoxy) is 1. The Morgan fingerprint density at radius 1 is 0.966 bits per heavy atom. The van der Waals surface area contributed by atoms with Gasteiger partial charge in [0.15, 0.2) is 0 Å². The Hall–Kier alpha value is -2.31. The van der Waals surface area contributed by atoms with Crippen LogP contribution in [0.5, 0.6) is 5.75 Å². The largest absolute Gasteiger partial charge is 0.494 e. The van der Waals surface area contributed by atoms with Crippen LogP contribution < -0.4 is 4.74 Å². The maximum absolute atomic E-state index is 5.81. The molecule has 0 aliphatic rings. The van der Waals surface area contributed by atoms with Crippen LogP contribution in [0.4, 0.5) is 0 Å². The minimum atomic E-state index is 0.559. The maximum atomic E-state index is 5.81. The highest BCUT2D eigenvalue weighted by molar-refractivity contribution is 7.98. The number of benzene rings is 2. The van der Waals surface area contributed by atoms with Crippen LogP contribution in [0, 0.1) is 0 Å². The number of rotatable bonds is 12. The van der Waals surface area contributed by atoms with Gasteiger partial charge in [-0.15, -0.1) is 10.2 Å². The van der Waals surface area contributed by atoms with Crippen LogP contribution in [-0.4, -0.2) is 48.1 Å². The molecule has 3 aromatic rings. The molecule has 0 saturated carbocycles. The van der Waals surface area contributed by atoms with Gasteiger partial charge in [-0.05, 0) is 68.9 Å². The van der Waals surface area contributed by atoms with Gasteiger partial charge in [0.2, 0.25) is 11.8 Å². The van der Waals surface area contributed by atoms with E-state index in [1.165, 1.54) is 5.56 Å². The van der Waals surface area contributed by atoms with Gasteiger partial charge in [0.05, 0.1) is 12.4 Å². The van der Waals surface area contributed by atoms with Crippen molar-refractivity contribution in [3.05, 3.63) is 66.1 Å². The zero-order valence-corrected chi connectivity index (χ0v) is 18.0. The first-order valence-electron chi connectivity index (χ1n) is 10.0. The second-order valence-corrected chi connectivity index (χ2v) is 8.28. The number of nitrogens with zero attached hydrogens (tertiary/aromatic N) is 3. The fraction of sp³-hybridized carbons (Fsp3) is 0.391. The summed E-state index contributed by atoms with van der Waals surface area (Å²) in [6.07, 6.45) is 3.25. The summed E-state index contributed by atoms with van der Waals surface area (Å²) in [5, 5.41) is 8.36. The molecule has 0 atom stereocenters. The van der Waals surface area contributed by atoms with E-state index < -0.39 is 0 Å². The highest BCUT2D eigenvalue weighted by Gasteiger charge is 2.09. The normalized spacial score (nSPS) is 11.1. The van der Waals surface area contributed by atoms with E-state index in [4.69, 9.17) is 9.15 Å². The van der Waals surface area contributed by atoms with E-state index >= 15 is 0 Å². The van der Waals surface area contributed by atoms with Crippen molar-refractivity contribution in [2.75, 3.05) is 33.0 Å². The maximum Gasteiger partial charge on any atom is 0.247 e. The lowest BCUT2D eigenvalue weighted by molar-refractivity contribution is 0.281. The van der Waals surface area contributed by atoms with Crippen molar-refractivity contribution < 1.29 is 9.15 Å². The monoisotopic (exact) mass is 411 g/mol. The summed E-state index contributed by atoms with van der Waals surface area (Å²) in [5.74, 6) is 3.92. The third-order valence-electron chi connectivity index (χ3n) is 4.41. The highest BCUT2D eigenvalue weighted by atomic mass is 32.2. The van der Waals surface area contributed by atoms with Crippen LogP contribution >= 0.6 is 11.8 Å². The molecule has 1 heterocycles. The van der Waals surface area contributed by atoms with Gasteiger partial charge in [0.25, 0.3) is 0 Å². The summed E-state index contributed by atoms with van der Waals surface area (Å²) in [5.41, 5.74) is 2.30. The first kappa shape index (κ1) is 21.4. The minimum absolute atomic E-state index is 0.559. The van der Waals surface area contributed by atoms with E-state index in [9.17, 15) is 0 Å². The Morgan fingerprint density at radius 2 is 1.76 bits per heavy atom. The summed E-state index contributed by atoms with van der Waals surface area (Å²) in [7, 11) is 4.13. The number of aryl methyl sites for hydroxylation is 1. The average molecular weight is 412 g/mol. The number of hydrogen-bond acceptors (Lipinski definition) is 6. The van der Waals surface area contributed by atoms with E-state index in [1.807, 2.05) is 36.0 Å². The van der Waals surface area contributed by atoms with Gasteiger partial charge < -0.3 is 14.1 Å². The lowest BCUT2D eigenvalue weighted by Gasteiger charge is -2.10. The van der Waals surface area contributed by atoms with Crippen molar-refractivity contribution in [2.24, 2.45) is 0 Å². The Balaban J connectivity index is 1.38. The lowest BCUT2D eigenvalue weighted by atomic mass is 10.1. The summed E-state index contributed by atoms with van der Waals surface area (Å²) < 4.78 is 11.6. The van der Waals surface area contributed by atoms with E-state index in [0.717, 1.165) is 48.6 Å². The summed E-state index contributed by atoms with van der Waals surface area (Å²) in [6.45, 7) is 1.73. The van der Waals surface area contributed by atoms with Crippen LogP contribution in [0.25, 0.3) is 11.5 Å². The molecular weight excluding hydrogens is 382 g/mol. The predicted molar refractivity (Wildman–Crippen MR) is 119 cm³/mol. The van der Waals surface area contributed by atoms with Crippen LogP contribution in [0.2, 0.25) is 0 Å². The predicted octanol–water partition coefficient (Wildman–Crippen LogP) is 4.93. The third kappa shape index (κ3) is 7.55. The van der Waals surface area contributed by atoms with Gasteiger partial charge >= 0.3 is 0 Å². The molecule has 2 aromatic carbocycles. The zero-order valence-electron chi connectivity index (χ0n) is 17.2. The molecule has 6 heteroatoms. The van der Waals surface area contributed by atoms with E-state index in [-0.39, 0.29) is 0 Å². The Kier molecular flexibility index (Phi) is 8.58. The fourth-order valence-corrected chi connectivity index (χ4v) is 3.66. The molecule has 0 amide bonds. The van der Waals surface area contributed by atoms with Crippen LogP contribution in [0.1, 0.15) is 24.3 Å². The summed E-state index contributed by atoms with van der Waals surface area (Å²) in [6, 6.07) is 18.4. The van der Waals surface area contributed by atoms with Crippen molar-refractivity contribution in [1.82, 2.24) is 15.1 Å². The summed E-state index contributed by atoms with van der Waals surface area (Å²) >= 11 is 1.83. The molecule has 0 fully saturated rings. The van der Waals surface area contributed by atoms with Gasteiger partial charge in [0.1, 0.15) is 5.75 Å². The van der Waals surface area contributed by atoms with Crippen molar-refractivity contribution in [3.63, 3.8) is 0 Å². The first-order chi connectivity index (χ1) is 14.2. The Bertz CT molecular complexity index is 835. The van der Waals surface area contributed by atoms with Crippen LogP contribution in [-0.2, 0) is 12.2 Å². The quantitative estimate of drug-likeness (QED) is 0.394. The molecule has 0 saturated heterocycles. The van der Waals surface area contributed by atoms with E-state index in [2.05, 4.69) is 59.5 Å². The second-order valence-electron chi connectivity index (χ2n) is 7.17. The number of aromatic nitrogens is 2. The molecule has 0 aliphatic heterocycles. The molecule has 154 valence electrons. The fourth-order valence-electron chi connectivity index (χ4n) is 2.88. The lowest BCUT2D eigenvalue weighted by Crippen LogP contribution is -2.15. The average Bonchev–Trinajstić information content (AvgIpc) is 3.21. The number of hydrogen-bond donors (Lipinski definition) is 0. The molecule has 29 heavy (non-hydrogen) atoms. The van der Waals surface area contributed by atoms with Crippen LogP contribution in [0.15, 0.2) is 59.0 Å². The molecule has 0 radical (unpaired) electrons. The van der Waals surface area contributed by atoms with Crippen molar-refractivity contribution in [2.45, 2.75) is 25.0 Å². The van der Waals surface area contributed by atoms with Gasteiger partial charge in [-0.3, -0.25) is 0 Å². The SMILES string of the molecule is CN(C)CCCOc1ccc(-c2nnc(CSCCCc3ccccc3)o2)cc1. The molecule has 0 N–H and O–H groups in total. The topological polar surface area (TPSA) is 51.4 Å². The first-order valence-corrected chi connectivity index (χ1v) is 11.2. The summed E-state index contributed by atoms with van der Waals surface area (Å²) in [4.78, 5) is 2.15. The van der Waals surface area contributed by atoms with Gasteiger partial charge in [0, 0.05) is 12.1 Å². The Morgan fingerprint density at radius 3 is 2.52 bits per heavy atom. The van der Waals surface area contributed by atoms with E-state index in [0.29, 0.717) is 18.4 Å². The van der Waals surface area contributed by atoms with Gasteiger partial charge in [-0.25, -0.2) is 0 Å². The third-order valence-corrected chi connectivity index (χ3v) is 5.44. The molecule has 3 rings (SSSR count). The molecule has 1 aromatic heterocycles. The molecule has 0 spiro atoms. The van der Waals surface area contributed by atoms with Crippen molar-refractivity contribution in [1.29, 1.82) is 0 Å². The van der Waals surface area contributed by atoms with Gasteiger partial charge in [-0.1, -0.05) is 30.3 Å². The molecule has 0 unspecified atom stereocenters. The molecule has 0 aliphatic carbocycles. The molecule has 5 nitrogen and oxygen atoms in total. The van der Waals surface area contributed by atoms with Crippen LogP contribution in [0.3, 0.4) is 0 Å². The highest BCUT2D eigenvalue weighted by Crippen LogP contribution is 2.23. The van der Waals surface area contributed by atoms with E-state index in [1.54, 1.807) is 0 Å². The van der Waals surface area contributed by atoms with Gasteiger partial charge in [-0.2, -0.15) is 11.8 Å². The standard InChI is InChI=1S/C23H29N3O2S/c1-26(2)15-7-16-27-21-13-11-20(12-14-21)23-25-24-22(28-23)18-29-17-6-10-19-8-4-3-5-9-19/h3-5,8-9,11-14H,6-7,10,15-18H2,1-2H3. The zero-order chi connectivity index (χ0) is 20.3. The van der Waals surface area contributed by atoms with Crippen molar-refractivity contribution in [3.8, 4) is 17.2 Å². The van der Waals surface area contributed by atoms with Crippen molar-refractivity contribution >= 4 is 11.8 Å². The molecule has 0 bridgehead atoms. The number of thioether (sulfide) groups is 1. The smallest absolute Gasteiger partial charge is 0.247 e. The minimum Gasteiger partial charge on any atom is -0.494 e.